The second kappa shape index (κ2) is 6.39. The van der Waals surface area contributed by atoms with Gasteiger partial charge in [-0.1, -0.05) is 25.5 Å². The molecule has 1 N–H and O–H groups in total. The van der Waals surface area contributed by atoms with Crippen LogP contribution < -0.4 is 0 Å². The van der Waals surface area contributed by atoms with Crippen LogP contribution in [-0.4, -0.2) is 37.1 Å². The monoisotopic (exact) mass is 296 g/mol. The summed E-state index contributed by atoms with van der Waals surface area (Å²) in [5.74, 6) is 1.66. The van der Waals surface area contributed by atoms with Gasteiger partial charge in [0.25, 0.3) is 0 Å². The first-order chi connectivity index (χ1) is 9.76. The lowest BCUT2D eigenvalue weighted by atomic mass is 9.48. The minimum absolute atomic E-state index is 0.301. The maximum absolute atomic E-state index is 9.83. The summed E-state index contributed by atoms with van der Waals surface area (Å²) in [4.78, 5) is 0. The normalized spacial score (nSPS) is 28.8. The maximum Gasteiger partial charge on any atom is 0.0800 e. The Morgan fingerprint density at radius 1 is 1.43 bits per heavy atom. The lowest BCUT2D eigenvalue weighted by Gasteiger charge is -2.56. The van der Waals surface area contributed by atoms with Gasteiger partial charge in [-0.15, -0.1) is 0 Å². The van der Waals surface area contributed by atoms with Gasteiger partial charge in [-0.25, -0.2) is 0 Å². The van der Waals surface area contributed by atoms with Gasteiger partial charge in [0, 0.05) is 13.5 Å². The Morgan fingerprint density at radius 2 is 2.14 bits per heavy atom. The average Bonchev–Trinajstić information content (AvgIpc) is 2.38. The summed E-state index contributed by atoms with van der Waals surface area (Å²) in [5.41, 5.74) is 1.79. The molecule has 0 amide bonds. The van der Waals surface area contributed by atoms with Crippen molar-refractivity contribution in [1.29, 1.82) is 0 Å². The predicted molar refractivity (Wildman–Crippen MR) is 85.2 cm³/mol. The number of methoxy groups -OCH3 is 1. The fourth-order valence-electron chi connectivity index (χ4n) is 4.08. The first-order valence-corrected chi connectivity index (χ1v) is 8.26. The zero-order valence-electron chi connectivity index (χ0n) is 14.3. The Kier molecular flexibility index (Phi) is 5.17. The molecule has 0 aliphatic heterocycles. The first-order valence-electron chi connectivity index (χ1n) is 8.26. The van der Waals surface area contributed by atoms with Crippen LogP contribution in [0.15, 0.2) is 11.6 Å². The second-order valence-electron chi connectivity index (χ2n) is 7.99. The van der Waals surface area contributed by atoms with Crippen molar-refractivity contribution in [2.75, 3.05) is 20.3 Å². The van der Waals surface area contributed by atoms with Gasteiger partial charge in [0.1, 0.15) is 0 Å². The molecule has 0 radical (unpaired) electrons. The highest BCUT2D eigenvalue weighted by Crippen LogP contribution is 2.59. The lowest BCUT2D eigenvalue weighted by molar-refractivity contribution is -0.0642. The van der Waals surface area contributed by atoms with E-state index in [9.17, 15) is 5.11 Å². The summed E-state index contributed by atoms with van der Waals surface area (Å²) in [7, 11) is 1.61. The summed E-state index contributed by atoms with van der Waals surface area (Å²) in [6.45, 7) is 10.0. The Morgan fingerprint density at radius 3 is 2.71 bits per heavy atom. The third kappa shape index (κ3) is 3.88. The molecule has 3 atom stereocenters. The van der Waals surface area contributed by atoms with Gasteiger partial charge >= 0.3 is 0 Å². The lowest BCUT2D eigenvalue weighted by Crippen LogP contribution is -2.48. The standard InChI is InChI=1S/C18H32O3/c1-17(2,11-15(19)12-20-5)21-9-8-13-6-7-14-10-16(13)18(14,3)4/h6,14-16,19H,7-12H2,1-5H3. The highest BCUT2D eigenvalue weighted by atomic mass is 16.5. The fourth-order valence-corrected chi connectivity index (χ4v) is 4.08. The second-order valence-corrected chi connectivity index (χ2v) is 7.99. The van der Waals surface area contributed by atoms with Crippen LogP contribution in [0.5, 0.6) is 0 Å². The SMILES string of the molecule is COCC(O)CC(C)(C)OCCC1=CCC2CC1C2(C)C. The minimum atomic E-state index is -0.454. The van der Waals surface area contributed by atoms with E-state index in [1.807, 2.05) is 13.8 Å². The fraction of sp³-hybridized carbons (Fsp3) is 0.889. The zero-order valence-corrected chi connectivity index (χ0v) is 14.3. The summed E-state index contributed by atoms with van der Waals surface area (Å²) >= 11 is 0. The Hall–Kier alpha value is -0.380. The van der Waals surface area contributed by atoms with E-state index in [0.29, 0.717) is 18.4 Å². The molecule has 3 heteroatoms. The molecule has 21 heavy (non-hydrogen) atoms. The first kappa shape index (κ1) is 17.0. The molecule has 3 unspecified atom stereocenters. The van der Waals surface area contributed by atoms with E-state index in [0.717, 1.165) is 24.9 Å². The van der Waals surface area contributed by atoms with Gasteiger partial charge < -0.3 is 14.6 Å². The molecule has 3 nitrogen and oxygen atoms in total. The Bertz CT molecular complexity index is 384. The molecule has 122 valence electrons. The average molecular weight is 296 g/mol. The van der Waals surface area contributed by atoms with Crippen molar-refractivity contribution in [3.8, 4) is 0 Å². The smallest absolute Gasteiger partial charge is 0.0800 e. The van der Waals surface area contributed by atoms with Gasteiger partial charge in [-0.2, -0.15) is 0 Å². The molecule has 3 rings (SSSR count). The zero-order chi connectivity index (χ0) is 15.7. The van der Waals surface area contributed by atoms with Crippen molar-refractivity contribution < 1.29 is 14.6 Å². The van der Waals surface area contributed by atoms with E-state index in [1.165, 1.54) is 12.8 Å². The summed E-state index contributed by atoms with van der Waals surface area (Å²) in [6.07, 6.45) is 6.25. The van der Waals surface area contributed by atoms with Crippen molar-refractivity contribution in [2.24, 2.45) is 17.3 Å². The van der Waals surface area contributed by atoms with Crippen LogP contribution in [-0.2, 0) is 9.47 Å². The number of hydrogen-bond acceptors (Lipinski definition) is 3. The molecule has 0 heterocycles. The number of rotatable bonds is 8. The van der Waals surface area contributed by atoms with Crippen LogP contribution >= 0.6 is 0 Å². The van der Waals surface area contributed by atoms with Gasteiger partial charge in [-0.05, 0) is 50.4 Å². The van der Waals surface area contributed by atoms with E-state index in [1.54, 1.807) is 12.7 Å². The maximum atomic E-state index is 9.83. The Balaban J connectivity index is 1.75. The number of ether oxygens (including phenoxy) is 2. The van der Waals surface area contributed by atoms with Gasteiger partial charge in [0.15, 0.2) is 0 Å². The third-order valence-corrected chi connectivity index (χ3v) is 5.55. The number of hydrogen-bond donors (Lipinski definition) is 1. The summed E-state index contributed by atoms with van der Waals surface area (Å²) < 4.78 is 11.0. The number of allylic oxidation sites excluding steroid dienone is 1. The van der Waals surface area contributed by atoms with E-state index in [4.69, 9.17) is 9.47 Å². The minimum Gasteiger partial charge on any atom is -0.391 e. The van der Waals surface area contributed by atoms with Crippen molar-refractivity contribution in [3.05, 3.63) is 11.6 Å². The Labute approximate surface area is 129 Å². The summed E-state index contributed by atoms with van der Waals surface area (Å²) in [6, 6.07) is 0. The molecular weight excluding hydrogens is 264 g/mol. The van der Waals surface area contributed by atoms with Gasteiger partial charge in [0.05, 0.1) is 24.9 Å². The van der Waals surface area contributed by atoms with Crippen molar-refractivity contribution >= 4 is 0 Å². The molecule has 1 saturated carbocycles. The van der Waals surface area contributed by atoms with E-state index in [2.05, 4.69) is 19.9 Å². The highest BCUT2D eigenvalue weighted by molar-refractivity contribution is 5.23. The molecule has 3 aliphatic rings. The van der Waals surface area contributed by atoms with E-state index >= 15 is 0 Å². The quantitative estimate of drug-likeness (QED) is 0.696. The molecule has 2 bridgehead atoms. The van der Waals surface area contributed by atoms with Crippen LogP contribution in [0.25, 0.3) is 0 Å². The van der Waals surface area contributed by atoms with Crippen LogP contribution in [0.4, 0.5) is 0 Å². The van der Waals surface area contributed by atoms with Gasteiger partial charge in [-0.3, -0.25) is 0 Å². The number of fused-ring (bicyclic) bond motifs is 1. The largest absolute Gasteiger partial charge is 0.391 e. The molecular formula is C18H32O3. The molecule has 1 fully saturated rings. The molecule has 0 aromatic heterocycles. The van der Waals surface area contributed by atoms with Crippen molar-refractivity contribution in [1.82, 2.24) is 0 Å². The van der Waals surface area contributed by atoms with E-state index < -0.39 is 6.10 Å². The highest BCUT2D eigenvalue weighted by Gasteiger charge is 2.50. The van der Waals surface area contributed by atoms with E-state index in [-0.39, 0.29) is 5.60 Å². The predicted octanol–water partition coefficient (Wildman–Crippen LogP) is 3.56. The third-order valence-electron chi connectivity index (χ3n) is 5.55. The van der Waals surface area contributed by atoms with Crippen molar-refractivity contribution in [3.63, 3.8) is 0 Å². The topological polar surface area (TPSA) is 38.7 Å². The molecule has 3 aliphatic carbocycles. The van der Waals surface area contributed by atoms with Crippen molar-refractivity contribution in [2.45, 2.75) is 65.1 Å². The van der Waals surface area contributed by atoms with Gasteiger partial charge in [0.2, 0.25) is 0 Å². The molecule has 0 saturated heterocycles. The van der Waals surface area contributed by atoms with Crippen LogP contribution in [0.1, 0.15) is 53.4 Å². The van der Waals surface area contributed by atoms with Crippen LogP contribution in [0.2, 0.25) is 0 Å². The van der Waals surface area contributed by atoms with Crippen LogP contribution in [0.3, 0.4) is 0 Å². The van der Waals surface area contributed by atoms with Crippen LogP contribution in [0, 0.1) is 17.3 Å². The molecule has 0 spiro atoms. The number of aliphatic hydroxyl groups is 1. The molecule has 0 aromatic carbocycles. The number of aliphatic hydroxyl groups excluding tert-OH is 1. The molecule has 0 aromatic rings. The summed E-state index contributed by atoms with van der Waals surface area (Å²) in [5, 5.41) is 9.83.